The van der Waals surface area contributed by atoms with Crippen molar-refractivity contribution in [2.24, 2.45) is 0 Å². The number of rotatable bonds is 5. The Morgan fingerprint density at radius 2 is 0.771 bits per heavy atom. The maximum atomic E-state index is 5.40. The van der Waals surface area contributed by atoms with Crippen LogP contribution in [-0.4, -0.2) is 15.0 Å². The van der Waals surface area contributed by atoms with Crippen LogP contribution in [0.5, 0.6) is 0 Å². The summed E-state index contributed by atoms with van der Waals surface area (Å²) >= 11 is 0. The zero-order valence-electron chi connectivity index (χ0n) is 26.1. The lowest BCUT2D eigenvalue weighted by Crippen LogP contribution is -2.00. The molecule has 7 aromatic carbocycles. The lowest BCUT2D eigenvalue weighted by atomic mass is 9.96. The standard InChI is InChI=1S/C45H29N3/c1-4-14-32(15-5-1)42-43(33-16-6-2-7-17-33)48-45(44(47-42)34-18-8-3-9-19-34)35-25-23-31(24-26-35)38-22-12-20-36-29-39-37-21-11-10-13-30(37)27-28-40(39)46-41(36)38/h1-29H. The van der Waals surface area contributed by atoms with Gasteiger partial charge < -0.3 is 0 Å². The second kappa shape index (κ2) is 11.7. The average Bonchev–Trinajstić information content (AvgIpc) is 3.17. The summed E-state index contributed by atoms with van der Waals surface area (Å²) in [6.45, 7) is 0. The van der Waals surface area contributed by atoms with Crippen molar-refractivity contribution in [1.29, 1.82) is 0 Å². The molecule has 2 heterocycles. The maximum absolute atomic E-state index is 5.40. The molecule has 224 valence electrons. The number of benzene rings is 7. The van der Waals surface area contributed by atoms with Gasteiger partial charge in [0, 0.05) is 38.6 Å². The predicted molar refractivity (Wildman–Crippen MR) is 200 cm³/mol. The maximum Gasteiger partial charge on any atom is 0.0973 e. The molecular weight excluding hydrogens is 583 g/mol. The van der Waals surface area contributed by atoms with Gasteiger partial charge in [0.1, 0.15) is 0 Å². The first-order chi connectivity index (χ1) is 23.8. The Hall–Kier alpha value is -6.45. The molecule has 0 unspecified atom stereocenters. The summed E-state index contributed by atoms with van der Waals surface area (Å²) in [4.78, 5) is 16.0. The SMILES string of the molecule is c1ccc(-c2nc(-c3ccccc3)c(-c3ccc(-c4cccc5cc6c(ccc7ccccc76)nc45)cc3)nc2-c2ccccc2)cc1. The second-order valence-corrected chi connectivity index (χ2v) is 12.0. The quantitative estimate of drug-likeness (QED) is 0.144. The van der Waals surface area contributed by atoms with Gasteiger partial charge in [-0.3, -0.25) is 0 Å². The number of hydrogen-bond acceptors (Lipinski definition) is 3. The largest absolute Gasteiger partial charge is 0.247 e. The number of para-hydroxylation sites is 1. The molecule has 0 N–H and O–H groups in total. The number of hydrogen-bond donors (Lipinski definition) is 0. The summed E-state index contributed by atoms with van der Waals surface area (Å²) in [7, 11) is 0. The zero-order valence-corrected chi connectivity index (χ0v) is 26.1. The van der Waals surface area contributed by atoms with Crippen molar-refractivity contribution in [3.05, 3.63) is 176 Å². The van der Waals surface area contributed by atoms with Gasteiger partial charge in [-0.15, -0.1) is 0 Å². The van der Waals surface area contributed by atoms with Gasteiger partial charge in [-0.1, -0.05) is 164 Å². The first-order valence-corrected chi connectivity index (χ1v) is 16.2. The third kappa shape index (κ3) is 4.90. The van der Waals surface area contributed by atoms with E-state index >= 15 is 0 Å². The molecule has 0 atom stereocenters. The lowest BCUT2D eigenvalue weighted by molar-refractivity contribution is 1.21. The van der Waals surface area contributed by atoms with E-state index in [1.165, 1.54) is 16.2 Å². The third-order valence-corrected chi connectivity index (χ3v) is 9.05. The number of aromatic nitrogens is 3. The van der Waals surface area contributed by atoms with E-state index < -0.39 is 0 Å². The molecule has 0 saturated heterocycles. The Bertz CT molecular complexity index is 2580. The molecule has 0 amide bonds. The van der Waals surface area contributed by atoms with Crippen molar-refractivity contribution in [2.45, 2.75) is 0 Å². The van der Waals surface area contributed by atoms with Gasteiger partial charge in [0.05, 0.1) is 33.8 Å². The van der Waals surface area contributed by atoms with Crippen LogP contribution in [0.15, 0.2) is 176 Å². The number of fused-ring (bicyclic) bond motifs is 4. The van der Waals surface area contributed by atoms with Gasteiger partial charge in [-0.2, -0.15) is 0 Å². The molecule has 0 saturated carbocycles. The van der Waals surface area contributed by atoms with E-state index in [9.17, 15) is 0 Å². The minimum absolute atomic E-state index is 0.847. The van der Waals surface area contributed by atoms with Crippen molar-refractivity contribution in [3.63, 3.8) is 0 Å². The molecule has 0 radical (unpaired) electrons. The molecule has 3 nitrogen and oxygen atoms in total. The Morgan fingerprint density at radius 3 is 1.35 bits per heavy atom. The Morgan fingerprint density at radius 1 is 0.292 bits per heavy atom. The van der Waals surface area contributed by atoms with Gasteiger partial charge in [-0.25, -0.2) is 15.0 Å². The molecule has 3 heteroatoms. The van der Waals surface area contributed by atoms with Crippen LogP contribution in [0.4, 0.5) is 0 Å². The summed E-state index contributed by atoms with van der Waals surface area (Å²) in [6.07, 6.45) is 0. The lowest BCUT2D eigenvalue weighted by Gasteiger charge is -2.16. The van der Waals surface area contributed by atoms with Gasteiger partial charge in [-0.05, 0) is 28.5 Å². The third-order valence-electron chi connectivity index (χ3n) is 9.05. The monoisotopic (exact) mass is 611 g/mol. The topological polar surface area (TPSA) is 38.7 Å². The highest BCUT2D eigenvalue weighted by Crippen LogP contribution is 2.38. The van der Waals surface area contributed by atoms with Crippen molar-refractivity contribution in [2.75, 3.05) is 0 Å². The minimum Gasteiger partial charge on any atom is -0.247 e. The Kier molecular flexibility index (Phi) is 6.80. The summed E-state index contributed by atoms with van der Waals surface area (Å²) in [6, 6.07) is 61.2. The van der Waals surface area contributed by atoms with Crippen molar-refractivity contribution >= 4 is 32.6 Å². The molecule has 2 aromatic heterocycles. The average molecular weight is 612 g/mol. The van der Waals surface area contributed by atoms with E-state index in [0.29, 0.717) is 0 Å². The summed E-state index contributed by atoms with van der Waals surface area (Å²) in [5, 5.41) is 4.75. The van der Waals surface area contributed by atoms with Crippen LogP contribution >= 0.6 is 0 Å². The molecule has 0 bridgehead atoms. The minimum atomic E-state index is 0.847. The van der Waals surface area contributed by atoms with Crippen LogP contribution < -0.4 is 0 Å². The summed E-state index contributed by atoms with van der Waals surface area (Å²) in [5.74, 6) is 0. The first-order valence-electron chi connectivity index (χ1n) is 16.2. The normalized spacial score (nSPS) is 11.3. The zero-order chi connectivity index (χ0) is 31.9. The Balaban J connectivity index is 1.21. The highest BCUT2D eigenvalue weighted by atomic mass is 14.9. The summed E-state index contributed by atoms with van der Waals surface area (Å²) in [5.41, 5.74) is 11.7. The second-order valence-electron chi connectivity index (χ2n) is 12.0. The van der Waals surface area contributed by atoms with Crippen molar-refractivity contribution in [1.82, 2.24) is 15.0 Å². The highest BCUT2D eigenvalue weighted by molar-refractivity contribution is 6.11. The van der Waals surface area contributed by atoms with E-state index in [-0.39, 0.29) is 0 Å². The van der Waals surface area contributed by atoms with E-state index in [0.717, 1.165) is 72.6 Å². The Labute approximate surface area is 278 Å². The molecule has 0 aliphatic rings. The van der Waals surface area contributed by atoms with Crippen LogP contribution in [0.1, 0.15) is 0 Å². The first kappa shape index (κ1) is 27.8. The molecule has 9 rings (SSSR count). The molecule has 48 heavy (non-hydrogen) atoms. The van der Waals surface area contributed by atoms with E-state index in [4.69, 9.17) is 15.0 Å². The molecule has 0 aliphatic heterocycles. The molecule has 0 spiro atoms. The highest BCUT2D eigenvalue weighted by Gasteiger charge is 2.19. The molecule has 9 aromatic rings. The van der Waals surface area contributed by atoms with Crippen LogP contribution in [0.3, 0.4) is 0 Å². The van der Waals surface area contributed by atoms with Crippen LogP contribution in [0.2, 0.25) is 0 Å². The van der Waals surface area contributed by atoms with Crippen molar-refractivity contribution in [3.8, 4) is 56.2 Å². The van der Waals surface area contributed by atoms with Gasteiger partial charge in [0.25, 0.3) is 0 Å². The fourth-order valence-corrected chi connectivity index (χ4v) is 6.68. The predicted octanol–water partition coefficient (Wildman–Crippen LogP) is 11.7. The van der Waals surface area contributed by atoms with Gasteiger partial charge >= 0.3 is 0 Å². The molecule has 0 fully saturated rings. The summed E-state index contributed by atoms with van der Waals surface area (Å²) < 4.78 is 0. The fourth-order valence-electron chi connectivity index (χ4n) is 6.68. The smallest absolute Gasteiger partial charge is 0.0973 e. The molecular formula is C45H29N3. The fraction of sp³-hybridized carbons (Fsp3) is 0. The van der Waals surface area contributed by atoms with Gasteiger partial charge in [0.2, 0.25) is 0 Å². The van der Waals surface area contributed by atoms with Crippen LogP contribution in [0, 0.1) is 0 Å². The van der Waals surface area contributed by atoms with Crippen LogP contribution in [-0.2, 0) is 0 Å². The van der Waals surface area contributed by atoms with E-state index in [1.807, 2.05) is 30.3 Å². The number of pyridine rings is 1. The van der Waals surface area contributed by atoms with Crippen LogP contribution in [0.25, 0.3) is 88.7 Å². The van der Waals surface area contributed by atoms with Gasteiger partial charge in [0.15, 0.2) is 0 Å². The van der Waals surface area contributed by atoms with E-state index in [1.54, 1.807) is 0 Å². The molecule has 0 aliphatic carbocycles. The number of nitrogens with zero attached hydrogens (tertiary/aromatic N) is 3. The van der Waals surface area contributed by atoms with Crippen molar-refractivity contribution < 1.29 is 0 Å². The van der Waals surface area contributed by atoms with E-state index in [2.05, 4.69) is 146 Å².